The van der Waals surface area contributed by atoms with Crippen molar-refractivity contribution in [1.29, 1.82) is 0 Å². The molecule has 104 valence electrons. The van der Waals surface area contributed by atoms with Gasteiger partial charge in [0.05, 0.1) is 0 Å². The van der Waals surface area contributed by atoms with E-state index >= 15 is 0 Å². The summed E-state index contributed by atoms with van der Waals surface area (Å²) in [6, 6.07) is 7.87. The maximum absolute atomic E-state index is 5.47. The third-order valence-corrected chi connectivity index (χ3v) is 3.56. The van der Waals surface area contributed by atoms with Crippen LogP contribution in [0.25, 0.3) is 11.4 Å². The van der Waals surface area contributed by atoms with Gasteiger partial charge in [0.15, 0.2) is 5.82 Å². The minimum atomic E-state index is 0.523. The van der Waals surface area contributed by atoms with Gasteiger partial charge in [-0.15, -0.1) is 0 Å². The third kappa shape index (κ3) is 2.80. The molecule has 0 fully saturated rings. The van der Waals surface area contributed by atoms with Gasteiger partial charge in [0.1, 0.15) is 12.4 Å². The molecule has 1 heterocycles. The van der Waals surface area contributed by atoms with Crippen molar-refractivity contribution in [2.45, 2.75) is 25.7 Å². The fourth-order valence-electron chi connectivity index (χ4n) is 2.49. The Morgan fingerprint density at radius 2 is 1.90 bits per heavy atom. The molecule has 0 saturated carbocycles. The van der Waals surface area contributed by atoms with Crippen molar-refractivity contribution < 1.29 is 4.74 Å². The van der Waals surface area contributed by atoms with E-state index in [1.54, 1.807) is 0 Å². The van der Waals surface area contributed by atoms with E-state index in [1.165, 1.54) is 24.1 Å². The van der Waals surface area contributed by atoms with Crippen molar-refractivity contribution in [3.63, 3.8) is 0 Å². The van der Waals surface area contributed by atoms with Crippen LogP contribution in [-0.2, 0) is 12.8 Å². The standard InChI is InChI=1S/C16H19N3O/c17-9-10-20-14-7-5-12(6-8-14)16-18-11-13-3-1-2-4-15(13)19-16/h5-8,11H,1-4,9-10,17H2. The predicted octanol–water partition coefficient (Wildman–Crippen LogP) is 2.36. The molecule has 0 unspecified atom stereocenters. The molecule has 1 aromatic carbocycles. The number of benzene rings is 1. The molecule has 1 aliphatic rings. The van der Waals surface area contributed by atoms with Gasteiger partial charge < -0.3 is 10.5 Å². The average Bonchev–Trinajstić information content (AvgIpc) is 2.53. The molecule has 4 nitrogen and oxygen atoms in total. The van der Waals surface area contributed by atoms with E-state index < -0.39 is 0 Å². The minimum Gasteiger partial charge on any atom is -0.492 e. The Bertz CT molecular complexity index is 581. The summed E-state index contributed by atoms with van der Waals surface area (Å²) in [5, 5.41) is 0. The van der Waals surface area contributed by atoms with E-state index in [1.807, 2.05) is 30.5 Å². The SMILES string of the molecule is NCCOc1ccc(-c2ncc3c(n2)CCCC3)cc1. The molecule has 0 bridgehead atoms. The lowest BCUT2D eigenvalue weighted by molar-refractivity contribution is 0.328. The number of aromatic nitrogens is 2. The first-order chi connectivity index (χ1) is 9.86. The lowest BCUT2D eigenvalue weighted by Crippen LogP contribution is -2.10. The van der Waals surface area contributed by atoms with Crippen LogP contribution < -0.4 is 10.5 Å². The highest BCUT2D eigenvalue weighted by molar-refractivity contribution is 5.56. The van der Waals surface area contributed by atoms with Gasteiger partial charge in [0.25, 0.3) is 0 Å². The van der Waals surface area contributed by atoms with Gasteiger partial charge in [-0.05, 0) is 55.5 Å². The highest BCUT2D eigenvalue weighted by atomic mass is 16.5. The number of nitrogens with zero attached hydrogens (tertiary/aromatic N) is 2. The molecule has 20 heavy (non-hydrogen) atoms. The minimum absolute atomic E-state index is 0.523. The zero-order valence-electron chi connectivity index (χ0n) is 11.5. The van der Waals surface area contributed by atoms with E-state index in [-0.39, 0.29) is 0 Å². The molecule has 0 spiro atoms. The number of ether oxygens (including phenoxy) is 1. The Kier molecular flexibility index (Phi) is 3.92. The van der Waals surface area contributed by atoms with Crippen molar-refractivity contribution in [3.8, 4) is 17.1 Å². The van der Waals surface area contributed by atoms with Gasteiger partial charge in [-0.1, -0.05) is 0 Å². The largest absolute Gasteiger partial charge is 0.492 e. The summed E-state index contributed by atoms with van der Waals surface area (Å²) >= 11 is 0. The van der Waals surface area contributed by atoms with Gasteiger partial charge in [0.2, 0.25) is 0 Å². The summed E-state index contributed by atoms with van der Waals surface area (Å²) in [4.78, 5) is 9.19. The number of hydrogen-bond acceptors (Lipinski definition) is 4. The van der Waals surface area contributed by atoms with Crippen molar-refractivity contribution in [3.05, 3.63) is 41.7 Å². The second kappa shape index (κ2) is 6.01. The van der Waals surface area contributed by atoms with Gasteiger partial charge >= 0.3 is 0 Å². The summed E-state index contributed by atoms with van der Waals surface area (Å²) in [6.45, 7) is 1.06. The first-order valence-corrected chi connectivity index (χ1v) is 7.15. The van der Waals surface area contributed by atoms with Gasteiger partial charge in [-0.3, -0.25) is 0 Å². The van der Waals surface area contributed by atoms with Crippen LogP contribution in [0.3, 0.4) is 0 Å². The Hall–Kier alpha value is -1.94. The summed E-state index contributed by atoms with van der Waals surface area (Å²) in [5.74, 6) is 1.63. The highest BCUT2D eigenvalue weighted by Crippen LogP contribution is 2.23. The molecule has 0 saturated heterocycles. The number of nitrogens with two attached hydrogens (primary N) is 1. The van der Waals surface area contributed by atoms with Crippen LogP contribution in [0.15, 0.2) is 30.5 Å². The number of hydrogen-bond donors (Lipinski definition) is 1. The molecule has 0 amide bonds. The maximum atomic E-state index is 5.47. The van der Waals surface area contributed by atoms with Crippen molar-refractivity contribution in [2.24, 2.45) is 5.73 Å². The monoisotopic (exact) mass is 269 g/mol. The van der Waals surface area contributed by atoms with E-state index in [4.69, 9.17) is 15.5 Å². The Morgan fingerprint density at radius 1 is 1.10 bits per heavy atom. The van der Waals surface area contributed by atoms with Crippen LogP contribution in [0, 0.1) is 0 Å². The lowest BCUT2D eigenvalue weighted by Gasteiger charge is -2.14. The number of rotatable bonds is 4. The van der Waals surface area contributed by atoms with Gasteiger partial charge in [0, 0.05) is 24.0 Å². The fourth-order valence-corrected chi connectivity index (χ4v) is 2.49. The molecule has 2 aromatic rings. The lowest BCUT2D eigenvalue weighted by atomic mass is 9.97. The molecule has 0 aliphatic heterocycles. The van der Waals surface area contributed by atoms with E-state index in [2.05, 4.69) is 4.98 Å². The summed E-state index contributed by atoms with van der Waals surface area (Å²) in [7, 11) is 0. The van der Waals surface area contributed by atoms with Gasteiger partial charge in [-0.25, -0.2) is 9.97 Å². The Labute approximate surface area is 119 Å². The molecule has 1 aliphatic carbocycles. The molecule has 3 rings (SSSR count). The summed E-state index contributed by atoms with van der Waals surface area (Å²) in [6.07, 6.45) is 6.65. The van der Waals surface area contributed by atoms with Crippen molar-refractivity contribution in [1.82, 2.24) is 9.97 Å². The first-order valence-electron chi connectivity index (χ1n) is 7.15. The van der Waals surface area contributed by atoms with Gasteiger partial charge in [-0.2, -0.15) is 0 Å². The number of aryl methyl sites for hydroxylation is 2. The van der Waals surface area contributed by atoms with Crippen LogP contribution in [0.2, 0.25) is 0 Å². The van der Waals surface area contributed by atoms with Crippen LogP contribution in [-0.4, -0.2) is 23.1 Å². The Balaban J connectivity index is 1.81. The average molecular weight is 269 g/mol. The predicted molar refractivity (Wildman–Crippen MR) is 78.7 cm³/mol. The second-order valence-electron chi connectivity index (χ2n) is 5.03. The van der Waals surface area contributed by atoms with E-state index in [9.17, 15) is 0 Å². The zero-order chi connectivity index (χ0) is 13.8. The van der Waals surface area contributed by atoms with Crippen molar-refractivity contribution in [2.75, 3.05) is 13.2 Å². The van der Waals surface area contributed by atoms with Crippen LogP contribution in [0.4, 0.5) is 0 Å². The first kappa shape index (κ1) is 13.1. The molecule has 0 atom stereocenters. The van der Waals surface area contributed by atoms with Crippen LogP contribution >= 0.6 is 0 Å². The van der Waals surface area contributed by atoms with Crippen LogP contribution in [0.1, 0.15) is 24.1 Å². The molecular formula is C16H19N3O. The zero-order valence-corrected chi connectivity index (χ0v) is 11.5. The van der Waals surface area contributed by atoms with Crippen molar-refractivity contribution >= 4 is 0 Å². The van der Waals surface area contributed by atoms with E-state index in [0.717, 1.165) is 30.0 Å². The topological polar surface area (TPSA) is 61.0 Å². The smallest absolute Gasteiger partial charge is 0.159 e. The fraction of sp³-hybridized carbons (Fsp3) is 0.375. The molecular weight excluding hydrogens is 250 g/mol. The molecule has 0 radical (unpaired) electrons. The molecule has 1 aromatic heterocycles. The van der Waals surface area contributed by atoms with Crippen LogP contribution in [0.5, 0.6) is 5.75 Å². The maximum Gasteiger partial charge on any atom is 0.159 e. The molecule has 4 heteroatoms. The quantitative estimate of drug-likeness (QED) is 0.925. The highest BCUT2D eigenvalue weighted by Gasteiger charge is 2.12. The second-order valence-corrected chi connectivity index (χ2v) is 5.03. The third-order valence-electron chi connectivity index (χ3n) is 3.56. The normalized spacial score (nSPS) is 13.8. The Morgan fingerprint density at radius 3 is 2.70 bits per heavy atom. The molecule has 2 N–H and O–H groups in total. The number of fused-ring (bicyclic) bond motifs is 1. The summed E-state index contributed by atoms with van der Waals surface area (Å²) < 4.78 is 5.47. The van der Waals surface area contributed by atoms with E-state index in [0.29, 0.717) is 13.2 Å². The summed E-state index contributed by atoms with van der Waals surface area (Å²) in [5.41, 5.74) is 8.96.